The van der Waals surface area contributed by atoms with E-state index in [1.807, 2.05) is 0 Å². The van der Waals surface area contributed by atoms with Crippen LogP contribution >= 0.6 is 0 Å². The highest BCUT2D eigenvalue weighted by molar-refractivity contribution is 5.94. The van der Waals surface area contributed by atoms with Gasteiger partial charge >= 0.3 is 5.97 Å². The van der Waals surface area contributed by atoms with E-state index in [0.29, 0.717) is 39.6 Å². The van der Waals surface area contributed by atoms with Crippen LogP contribution in [0.15, 0.2) is 12.1 Å². The summed E-state index contributed by atoms with van der Waals surface area (Å²) >= 11 is 0. The van der Waals surface area contributed by atoms with Crippen molar-refractivity contribution in [2.24, 2.45) is 5.73 Å². The number of carbonyl (C=O) groups is 1. The van der Waals surface area contributed by atoms with Crippen LogP contribution in [-0.2, 0) is 17.9 Å². The standard InChI is InChI=1S/C17H22N2O6/c1-22-12-6-5-9(15(23-2)16(12)24-3)13-10(8-20)14(17(21)25-4)19-11(13)7-18/h5-6,19-20H,7-8,18H2,1-4H3. The van der Waals surface area contributed by atoms with Crippen LogP contribution in [0.3, 0.4) is 0 Å². The summed E-state index contributed by atoms with van der Waals surface area (Å²) in [6, 6.07) is 3.46. The Balaban J connectivity index is 2.82. The highest BCUT2D eigenvalue weighted by Crippen LogP contribution is 2.46. The average Bonchev–Trinajstić information content (AvgIpc) is 3.04. The van der Waals surface area contributed by atoms with Gasteiger partial charge in [-0.1, -0.05) is 0 Å². The summed E-state index contributed by atoms with van der Waals surface area (Å²) in [5.41, 5.74) is 8.09. The van der Waals surface area contributed by atoms with Gasteiger partial charge in [-0.05, 0) is 12.1 Å². The number of aromatic amines is 1. The van der Waals surface area contributed by atoms with Crippen LogP contribution in [0.25, 0.3) is 11.1 Å². The molecule has 1 aromatic heterocycles. The number of nitrogens with one attached hydrogen (secondary N) is 1. The molecule has 0 aliphatic heterocycles. The molecular weight excluding hydrogens is 328 g/mol. The first-order valence-electron chi connectivity index (χ1n) is 7.50. The number of methoxy groups -OCH3 is 4. The molecule has 2 aromatic rings. The summed E-state index contributed by atoms with van der Waals surface area (Å²) in [6.07, 6.45) is 0. The number of ether oxygens (including phenoxy) is 4. The molecule has 0 aliphatic rings. The molecule has 0 saturated carbocycles. The number of rotatable bonds is 7. The molecule has 8 heteroatoms. The molecule has 0 fully saturated rings. The zero-order chi connectivity index (χ0) is 18.6. The fourth-order valence-corrected chi connectivity index (χ4v) is 2.81. The second kappa shape index (κ2) is 7.91. The Morgan fingerprint density at radius 3 is 2.28 bits per heavy atom. The van der Waals surface area contributed by atoms with Gasteiger partial charge in [-0.2, -0.15) is 0 Å². The van der Waals surface area contributed by atoms with Crippen molar-refractivity contribution in [1.29, 1.82) is 0 Å². The number of aliphatic hydroxyl groups is 1. The third-order valence-electron chi connectivity index (χ3n) is 3.91. The summed E-state index contributed by atoms with van der Waals surface area (Å²) in [5, 5.41) is 9.84. The first-order chi connectivity index (χ1) is 12.1. The van der Waals surface area contributed by atoms with Crippen molar-refractivity contribution in [3.63, 3.8) is 0 Å². The predicted octanol–water partition coefficient (Wildman–Crippen LogP) is 1.45. The molecule has 25 heavy (non-hydrogen) atoms. The highest BCUT2D eigenvalue weighted by Gasteiger charge is 2.26. The molecule has 0 bridgehead atoms. The smallest absolute Gasteiger partial charge is 0.354 e. The summed E-state index contributed by atoms with van der Waals surface area (Å²) in [4.78, 5) is 14.9. The van der Waals surface area contributed by atoms with Gasteiger partial charge < -0.3 is 34.8 Å². The lowest BCUT2D eigenvalue weighted by atomic mass is 9.98. The Bertz CT molecular complexity index is 769. The molecule has 0 aliphatic carbocycles. The molecule has 0 saturated heterocycles. The molecule has 136 valence electrons. The Labute approximate surface area is 145 Å². The summed E-state index contributed by atoms with van der Waals surface area (Å²) in [5.74, 6) is 0.702. The van der Waals surface area contributed by atoms with Gasteiger partial charge in [-0.15, -0.1) is 0 Å². The highest BCUT2D eigenvalue weighted by atomic mass is 16.5. The van der Waals surface area contributed by atoms with Gasteiger partial charge in [0, 0.05) is 28.9 Å². The SMILES string of the molecule is COC(=O)c1[nH]c(CN)c(-c2ccc(OC)c(OC)c2OC)c1CO. The fraction of sp³-hybridized carbons (Fsp3) is 0.353. The van der Waals surface area contributed by atoms with E-state index in [2.05, 4.69) is 4.98 Å². The van der Waals surface area contributed by atoms with Gasteiger partial charge in [-0.25, -0.2) is 4.79 Å². The molecule has 0 atom stereocenters. The topological polar surface area (TPSA) is 116 Å². The van der Waals surface area contributed by atoms with E-state index in [0.717, 1.165) is 0 Å². The first kappa shape index (κ1) is 18.6. The molecule has 1 aromatic carbocycles. The van der Waals surface area contributed by atoms with Crippen molar-refractivity contribution in [3.05, 3.63) is 29.1 Å². The molecular formula is C17H22N2O6. The van der Waals surface area contributed by atoms with Gasteiger partial charge in [0.05, 0.1) is 35.0 Å². The minimum Gasteiger partial charge on any atom is -0.493 e. The van der Waals surface area contributed by atoms with Crippen LogP contribution in [0.5, 0.6) is 17.2 Å². The van der Waals surface area contributed by atoms with Crippen molar-refractivity contribution < 1.29 is 28.8 Å². The van der Waals surface area contributed by atoms with Gasteiger partial charge in [0.2, 0.25) is 5.75 Å². The second-order valence-electron chi connectivity index (χ2n) is 5.07. The molecule has 0 amide bonds. The maximum Gasteiger partial charge on any atom is 0.354 e. The molecule has 4 N–H and O–H groups in total. The quantitative estimate of drug-likeness (QED) is 0.647. The Morgan fingerprint density at radius 1 is 1.12 bits per heavy atom. The van der Waals surface area contributed by atoms with E-state index in [1.54, 1.807) is 12.1 Å². The number of benzene rings is 1. The minimum absolute atomic E-state index is 0.122. The number of aliphatic hydroxyl groups excluding tert-OH is 1. The summed E-state index contributed by atoms with van der Waals surface area (Å²) in [6.45, 7) is -0.259. The lowest BCUT2D eigenvalue weighted by Gasteiger charge is -2.17. The van der Waals surface area contributed by atoms with Crippen molar-refractivity contribution in [2.75, 3.05) is 28.4 Å². The van der Waals surface area contributed by atoms with Crippen LogP contribution in [0.4, 0.5) is 0 Å². The van der Waals surface area contributed by atoms with Crippen LogP contribution in [-0.4, -0.2) is 44.5 Å². The maximum absolute atomic E-state index is 12.0. The zero-order valence-corrected chi connectivity index (χ0v) is 14.6. The average molecular weight is 350 g/mol. The van der Waals surface area contributed by atoms with Gasteiger partial charge in [-0.3, -0.25) is 0 Å². The lowest BCUT2D eigenvalue weighted by molar-refractivity contribution is 0.0591. The second-order valence-corrected chi connectivity index (χ2v) is 5.07. The number of aromatic nitrogens is 1. The third-order valence-corrected chi connectivity index (χ3v) is 3.91. The number of esters is 1. The number of nitrogens with two attached hydrogens (primary N) is 1. The lowest BCUT2D eigenvalue weighted by Crippen LogP contribution is -2.05. The molecule has 0 unspecified atom stereocenters. The summed E-state index contributed by atoms with van der Waals surface area (Å²) < 4.78 is 20.9. The Kier molecular flexibility index (Phi) is 5.89. The largest absolute Gasteiger partial charge is 0.493 e. The number of hydrogen-bond acceptors (Lipinski definition) is 7. The van der Waals surface area contributed by atoms with E-state index in [-0.39, 0.29) is 18.8 Å². The van der Waals surface area contributed by atoms with Crippen molar-refractivity contribution >= 4 is 5.97 Å². The van der Waals surface area contributed by atoms with E-state index in [1.165, 1.54) is 28.4 Å². The van der Waals surface area contributed by atoms with Crippen LogP contribution in [0.1, 0.15) is 21.7 Å². The van der Waals surface area contributed by atoms with Crippen LogP contribution in [0, 0.1) is 0 Å². The van der Waals surface area contributed by atoms with E-state index in [9.17, 15) is 9.90 Å². The molecule has 2 rings (SSSR count). The van der Waals surface area contributed by atoms with Crippen LogP contribution < -0.4 is 19.9 Å². The Morgan fingerprint density at radius 2 is 1.80 bits per heavy atom. The zero-order valence-electron chi connectivity index (χ0n) is 14.6. The van der Waals surface area contributed by atoms with Gasteiger partial charge in [0.1, 0.15) is 5.69 Å². The van der Waals surface area contributed by atoms with Crippen LogP contribution in [0.2, 0.25) is 0 Å². The maximum atomic E-state index is 12.0. The third kappa shape index (κ3) is 3.13. The molecule has 0 spiro atoms. The first-order valence-corrected chi connectivity index (χ1v) is 7.50. The monoisotopic (exact) mass is 350 g/mol. The molecule has 8 nitrogen and oxygen atoms in total. The predicted molar refractivity (Wildman–Crippen MR) is 91.0 cm³/mol. The van der Waals surface area contributed by atoms with Gasteiger partial charge in [0.15, 0.2) is 11.5 Å². The molecule has 0 radical (unpaired) electrons. The van der Waals surface area contributed by atoms with E-state index < -0.39 is 5.97 Å². The van der Waals surface area contributed by atoms with Gasteiger partial charge in [0.25, 0.3) is 0 Å². The van der Waals surface area contributed by atoms with E-state index >= 15 is 0 Å². The molecule has 1 heterocycles. The van der Waals surface area contributed by atoms with Crippen molar-refractivity contribution in [1.82, 2.24) is 4.98 Å². The Hall–Kier alpha value is -2.71. The number of carbonyl (C=O) groups excluding carboxylic acids is 1. The van der Waals surface area contributed by atoms with E-state index in [4.69, 9.17) is 24.7 Å². The number of hydrogen-bond donors (Lipinski definition) is 3. The van der Waals surface area contributed by atoms with Crippen molar-refractivity contribution in [2.45, 2.75) is 13.2 Å². The van der Waals surface area contributed by atoms with Crippen molar-refractivity contribution in [3.8, 4) is 28.4 Å². The minimum atomic E-state index is -0.593. The number of H-pyrrole nitrogens is 1. The normalized spacial score (nSPS) is 10.5. The summed E-state index contributed by atoms with van der Waals surface area (Å²) in [7, 11) is 5.78. The fourth-order valence-electron chi connectivity index (χ4n) is 2.81.